The van der Waals surface area contributed by atoms with Crippen LogP contribution in [0.1, 0.15) is 21.0 Å². The third-order valence-corrected chi connectivity index (χ3v) is 3.32. The van der Waals surface area contributed by atoms with Gasteiger partial charge in [-0.25, -0.2) is 4.79 Å². The van der Waals surface area contributed by atoms with Gasteiger partial charge in [-0.15, -0.1) is 11.3 Å². The van der Waals surface area contributed by atoms with Crippen LogP contribution in [0.4, 0.5) is 13.2 Å². The molecule has 0 saturated heterocycles. The third kappa shape index (κ3) is 4.41. The highest BCUT2D eigenvalue weighted by molar-refractivity contribution is 7.14. The Kier molecular flexibility index (Phi) is 4.98. The monoisotopic (exact) mass is 311 g/mol. The number of alkyl halides is 3. The number of carboxylic acids is 1. The Hall–Kier alpha value is -1.77. The van der Waals surface area contributed by atoms with Gasteiger partial charge in [0, 0.05) is 4.88 Å². The van der Waals surface area contributed by atoms with Crippen molar-refractivity contribution in [3.8, 4) is 5.75 Å². The molecule has 9 heteroatoms. The first-order chi connectivity index (χ1) is 9.14. The number of amides is 1. The molecule has 0 aliphatic carbocycles. The Balaban J connectivity index is 2.88. The van der Waals surface area contributed by atoms with Gasteiger partial charge in [-0.3, -0.25) is 4.79 Å². The number of hydrogen-bond acceptors (Lipinski definition) is 4. The Morgan fingerprint density at radius 1 is 1.50 bits per heavy atom. The molecule has 1 unspecified atom stereocenters. The zero-order valence-electron chi connectivity index (χ0n) is 10.6. The minimum Gasteiger partial charge on any atom is -0.495 e. The average Bonchev–Trinajstić information content (AvgIpc) is 2.67. The van der Waals surface area contributed by atoms with E-state index in [1.807, 2.05) is 5.32 Å². The second-order valence-electron chi connectivity index (χ2n) is 3.94. The predicted molar refractivity (Wildman–Crippen MR) is 65.2 cm³/mol. The van der Waals surface area contributed by atoms with Crippen LogP contribution in [-0.2, 0) is 4.79 Å². The number of rotatable bonds is 5. The predicted octanol–water partition coefficient (Wildman–Crippen LogP) is 2.20. The van der Waals surface area contributed by atoms with E-state index in [-0.39, 0.29) is 10.6 Å². The molecular weight excluding hydrogens is 299 g/mol. The molecular formula is C11H12F3NO4S. The van der Waals surface area contributed by atoms with E-state index >= 15 is 0 Å². The number of carbonyl (C=O) groups excluding carboxylic acids is 1. The molecule has 1 heterocycles. The average molecular weight is 311 g/mol. The lowest BCUT2D eigenvalue weighted by Crippen LogP contribution is -2.43. The quantitative estimate of drug-likeness (QED) is 0.874. The minimum absolute atomic E-state index is 0.0402. The summed E-state index contributed by atoms with van der Waals surface area (Å²) in [6.45, 7) is 1.69. The lowest BCUT2D eigenvalue weighted by molar-refractivity contribution is -0.157. The van der Waals surface area contributed by atoms with Crippen LogP contribution >= 0.6 is 11.3 Å². The molecule has 1 amide bonds. The van der Waals surface area contributed by atoms with Crippen molar-refractivity contribution >= 4 is 23.2 Å². The summed E-state index contributed by atoms with van der Waals surface area (Å²) in [5, 5.41) is 10.6. The van der Waals surface area contributed by atoms with Crippen molar-refractivity contribution in [2.24, 2.45) is 0 Å². The van der Waals surface area contributed by atoms with Crippen LogP contribution in [0.15, 0.2) is 6.07 Å². The number of halogens is 3. The molecule has 1 rings (SSSR count). The lowest BCUT2D eigenvalue weighted by Gasteiger charge is -2.16. The summed E-state index contributed by atoms with van der Waals surface area (Å²) >= 11 is 1.01. The molecule has 1 atom stereocenters. The molecule has 0 fully saturated rings. The number of nitrogens with one attached hydrogen (secondary N) is 1. The molecule has 1 aromatic heterocycles. The van der Waals surface area contributed by atoms with E-state index in [4.69, 9.17) is 9.84 Å². The minimum atomic E-state index is -4.69. The summed E-state index contributed by atoms with van der Waals surface area (Å²) < 4.78 is 41.6. The van der Waals surface area contributed by atoms with E-state index in [0.717, 1.165) is 16.2 Å². The number of carbonyl (C=O) groups is 2. The molecule has 5 nitrogen and oxygen atoms in total. The molecule has 20 heavy (non-hydrogen) atoms. The number of hydrogen-bond donors (Lipinski definition) is 2. The number of aryl methyl sites for hydroxylation is 1. The topological polar surface area (TPSA) is 75.6 Å². The normalized spacial score (nSPS) is 12.8. The SMILES string of the molecule is COc1cc(C)sc1C(=O)NC(CC(F)(F)F)C(=O)O. The van der Waals surface area contributed by atoms with Crippen molar-refractivity contribution in [3.05, 3.63) is 15.8 Å². The van der Waals surface area contributed by atoms with Gasteiger partial charge in [-0.05, 0) is 13.0 Å². The van der Waals surface area contributed by atoms with Crippen LogP contribution in [0.25, 0.3) is 0 Å². The summed E-state index contributed by atoms with van der Waals surface area (Å²) in [4.78, 5) is 23.3. The zero-order valence-corrected chi connectivity index (χ0v) is 11.4. The molecule has 0 radical (unpaired) electrons. The molecule has 0 saturated carbocycles. The van der Waals surface area contributed by atoms with Crippen LogP contribution in [0.5, 0.6) is 5.75 Å². The highest BCUT2D eigenvalue weighted by Crippen LogP contribution is 2.29. The smallest absolute Gasteiger partial charge is 0.391 e. The van der Waals surface area contributed by atoms with E-state index in [2.05, 4.69) is 0 Å². The van der Waals surface area contributed by atoms with Crippen molar-refractivity contribution in [3.63, 3.8) is 0 Å². The second-order valence-corrected chi connectivity index (χ2v) is 5.19. The van der Waals surface area contributed by atoms with Crippen molar-refractivity contribution < 1.29 is 32.6 Å². The van der Waals surface area contributed by atoms with E-state index in [9.17, 15) is 22.8 Å². The van der Waals surface area contributed by atoms with Crippen LogP contribution < -0.4 is 10.1 Å². The number of thiophene rings is 1. The maximum Gasteiger partial charge on any atom is 0.391 e. The van der Waals surface area contributed by atoms with Crippen LogP contribution in [0.2, 0.25) is 0 Å². The first kappa shape index (κ1) is 16.3. The van der Waals surface area contributed by atoms with E-state index < -0.39 is 30.5 Å². The maximum atomic E-state index is 12.2. The van der Waals surface area contributed by atoms with Gasteiger partial charge in [0.25, 0.3) is 5.91 Å². The molecule has 1 aromatic rings. The van der Waals surface area contributed by atoms with Crippen LogP contribution in [0.3, 0.4) is 0 Å². The van der Waals surface area contributed by atoms with Crippen molar-refractivity contribution in [1.82, 2.24) is 5.32 Å². The number of carboxylic acid groups (broad SMARTS) is 1. The standard InChI is InChI=1S/C11H12F3NO4S/c1-5-3-7(19-2)8(20-5)9(16)15-6(10(17)18)4-11(12,13)14/h3,6H,4H2,1-2H3,(H,15,16)(H,17,18). The summed E-state index contributed by atoms with van der Waals surface area (Å²) in [6, 6.07) is -0.492. The van der Waals surface area contributed by atoms with Gasteiger partial charge >= 0.3 is 12.1 Å². The molecule has 0 spiro atoms. The highest BCUT2D eigenvalue weighted by atomic mass is 32.1. The van der Waals surface area contributed by atoms with Crippen molar-refractivity contribution in [2.75, 3.05) is 7.11 Å². The van der Waals surface area contributed by atoms with E-state index in [0.29, 0.717) is 0 Å². The molecule has 112 valence electrons. The van der Waals surface area contributed by atoms with E-state index in [1.165, 1.54) is 7.11 Å². The van der Waals surface area contributed by atoms with Crippen LogP contribution in [-0.4, -0.2) is 36.3 Å². The lowest BCUT2D eigenvalue weighted by atomic mass is 10.2. The number of methoxy groups -OCH3 is 1. The van der Waals surface area contributed by atoms with Gasteiger partial charge < -0.3 is 15.2 Å². The zero-order chi connectivity index (χ0) is 15.5. The summed E-state index contributed by atoms with van der Waals surface area (Å²) in [5.41, 5.74) is 0. The van der Waals surface area contributed by atoms with Gasteiger partial charge in [0.05, 0.1) is 13.5 Å². The fourth-order valence-corrected chi connectivity index (χ4v) is 2.34. The molecule has 0 bridgehead atoms. The van der Waals surface area contributed by atoms with Gasteiger partial charge in [-0.2, -0.15) is 13.2 Å². The fraction of sp³-hybridized carbons (Fsp3) is 0.455. The second kappa shape index (κ2) is 6.12. The van der Waals surface area contributed by atoms with Gasteiger partial charge in [-0.1, -0.05) is 0 Å². The Labute approximate surface area is 116 Å². The van der Waals surface area contributed by atoms with Crippen molar-refractivity contribution in [2.45, 2.75) is 25.6 Å². The number of aliphatic carboxylic acids is 1. The molecule has 0 aliphatic heterocycles. The number of ether oxygens (including phenoxy) is 1. The Bertz CT molecular complexity index is 512. The third-order valence-electron chi connectivity index (χ3n) is 2.29. The first-order valence-electron chi connectivity index (χ1n) is 5.39. The summed E-state index contributed by atoms with van der Waals surface area (Å²) in [7, 11) is 1.31. The Morgan fingerprint density at radius 3 is 2.55 bits per heavy atom. The largest absolute Gasteiger partial charge is 0.495 e. The summed E-state index contributed by atoms with van der Waals surface area (Å²) in [5.74, 6) is -2.46. The van der Waals surface area contributed by atoms with E-state index in [1.54, 1.807) is 13.0 Å². The van der Waals surface area contributed by atoms with Gasteiger partial charge in [0.2, 0.25) is 0 Å². The molecule has 2 N–H and O–H groups in total. The summed E-state index contributed by atoms with van der Waals surface area (Å²) in [6.07, 6.45) is -6.33. The van der Waals surface area contributed by atoms with Gasteiger partial charge in [0.1, 0.15) is 16.7 Å². The van der Waals surface area contributed by atoms with Crippen LogP contribution in [0, 0.1) is 6.92 Å². The van der Waals surface area contributed by atoms with Gasteiger partial charge in [0.15, 0.2) is 0 Å². The van der Waals surface area contributed by atoms with Crippen molar-refractivity contribution in [1.29, 1.82) is 0 Å². The Morgan fingerprint density at radius 2 is 2.10 bits per heavy atom. The first-order valence-corrected chi connectivity index (χ1v) is 6.20. The molecule has 0 aliphatic rings. The maximum absolute atomic E-state index is 12.2. The highest BCUT2D eigenvalue weighted by Gasteiger charge is 2.36. The molecule has 0 aromatic carbocycles. The fourth-order valence-electron chi connectivity index (χ4n) is 1.46.